The van der Waals surface area contributed by atoms with Crippen molar-refractivity contribution in [3.05, 3.63) is 193 Å². The summed E-state index contributed by atoms with van der Waals surface area (Å²) in [5.41, 5.74) is 4.04. The van der Waals surface area contributed by atoms with Gasteiger partial charge in [0.25, 0.3) is 0 Å². The van der Waals surface area contributed by atoms with Crippen LogP contribution < -0.4 is 0 Å². The summed E-state index contributed by atoms with van der Waals surface area (Å²) in [6.07, 6.45) is 0.151. The largest absolute Gasteiger partial charge is 0.0629 e. The van der Waals surface area contributed by atoms with Crippen LogP contribution in [-0.4, -0.2) is 0 Å². The smallest absolute Gasteiger partial charge is 0.0616 e. The Morgan fingerprint density at radius 1 is 0.367 bits per heavy atom. The van der Waals surface area contributed by atoms with Gasteiger partial charge in [-0.15, -0.1) is 0 Å². The second kappa shape index (κ2) is 11.2. The van der Waals surface area contributed by atoms with Crippen LogP contribution in [0.1, 0.15) is 22.1 Å². The van der Waals surface area contributed by atoms with E-state index < -0.39 is 24.2 Å². The highest BCUT2D eigenvalue weighted by Crippen LogP contribution is 2.43. The Morgan fingerprint density at radius 2 is 0.939 bits per heavy atom. The molecule has 0 saturated carbocycles. The lowest BCUT2D eigenvalue weighted by molar-refractivity contribution is 1.26. The lowest BCUT2D eigenvalue weighted by atomic mass is 9.84. The lowest BCUT2D eigenvalue weighted by Gasteiger charge is -2.19. The normalized spacial score (nSPS) is 14.0. The number of hydrogen-bond donors (Lipinski definition) is 0. The lowest BCUT2D eigenvalue weighted by Crippen LogP contribution is -1.97. The molecule has 10 aromatic carbocycles. The highest BCUT2D eigenvalue weighted by atomic mass is 14.2. The van der Waals surface area contributed by atoms with Gasteiger partial charge in [0.15, 0.2) is 0 Å². The van der Waals surface area contributed by atoms with E-state index in [1.165, 1.54) is 0 Å². The summed E-state index contributed by atoms with van der Waals surface area (Å²) in [6, 6.07) is 42.0. The van der Waals surface area contributed by atoms with Gasteiger partial charge in [0.2, 0.25) is 0 Å². The second-order valence-electron chi connectivity index (χ2n) is 12.6. The van der Waals surface area contributed by atoms with E-state index >= 15 is 0 Å². The minimum atomic E-state index is -0.409. The van der Waals surface area contributed by atoms with Gasteiger partial charge in [-0.2, -0.15) is 0 Å². The molecule has 0 aromatic heterocycles. The predicted octanol–water partition coefficient (Wildman–Crippen LogP) is 13.5. The van der Waals surface area contributed by atoms with Crippen LogP contribution in [0.3, 0.4) is 0 Å². The Hall–Kier alpha value is -6.24. The van der Waals surface area contributed by atoms with Crippen LogP contribution in [0.5, 0.6) is 0 Å². The molecule has 0 amide bonds. The van der Waals surface area contributed by atoms with Crippen molar-refractivity contribution in [2.75, 3.05) is 0 Å². The molecule has 0 aliphatic carbocycles. The van der Waals surface area contributed by atoms with Gasteiger partial charge in [-0.05, 0) is 117 Å². The maximum Gasteiger partial charge on any atom is 0.0629 e. The van der Waals surface area contributed by atoms with Crippen molar-refractivity contribution in [1.82, 2.24) is 0 Å². The van der Waals surface area contributed by atoms with Gasteiger partial charge in [0.1, 0.15) is 0 Å². The Bertz CT molecular complexity index is 3290. The van der Waals surface area contributed by atoms with E-state index in [9.17, 15) is 5.48 Å². The summed E-state index contributed by atoms with van der Waals surface area (Å²) in [7, 11) is 0. The molecule has 0 heteroatoms. The Kier molecular flexibility index (Phi) is 4.77. The first kappa shape index (κ1) is 20.9. The summed E-state index contributed by atoms with van der Waals surface area (Å²) < 4.78 is 73.2. The zero-order valence-electron chi connectivity index (χ0n) is 34.4. The fourth-order valence-electron chi connectivity index (χ4n) is 7.68. The fourth-order valence-corrected chi connectivity index (χ4v) is 7.68. The van der Waals surface area contributed by atoms with Crippen molar-refractivity contribution >= 4 is 64.6 Å². The molecule has 0 radical (unpaired) electrons. The zero-order valence-corrected chi connectivity index (χ0v) is 26.4. The van der Waals surface area contributed by atoms with Crippen LogP contribution in [0.25, 0.3) is 86.9 Å². The van der Waals surface area contributed by atoms with E-state index in [1.807, 2.05) is 72.8 Å². The predicted molar refractivity (Wildman–Crippen MR) is 212 cm³/mol. The number of benzene rings is 10. The summed E-state index contributed by atoms with van der Waals surface area (Å²) in [5, 5.41) is 9.43. The van der Waals surface area contributed by atoms with Gasteiger partial charge in [-0.1, -0.05) is 170 Å². The Labute approximate surface area is 296 Å². The molecule has 0 bridgehead atoms. The average Bonchev–Trinajstić information content (AvgIpc) is 3.25. The monoisotopic (exact) mass is 628 g/mol. The topological polar surface area (TPSA) is 0 Å². The molecular weight excluding hydrogens is 589 g/mol. The molecule has 0 aliphatic rings. The van der Waals surface area contributed by atoms with Gasteiger partial charge in [0, 0.05) is 0 Å². The number of rotatable bonds is 4. The highest BCUT2D eigenvalue weighted by molar-refractivity contribution is 6.21. The summed E-state index contributed by atoms with van der Waals surface area (Å²) in [5.74, 6) is 0. The molecular formula is C49H32. The van der Waals surface area contributed by atoms with Crippen LogP contribution in [0.4, 0.5) is 0 Å². The standard InChI is InChI=1S/C49H32/c1-2-14-34-28-36(26-24-32(34)12-1)35-15-11-16-37(29-35)49-45-22-9-6-19-42(45)47(43-20-7-10-23-46(43)49)31-39-30-38-27-25-33-13-3-4-18-41(33)48(38)44-21-8-5-17-40(39)44/h1-30H,31H2/i6D,7D,9D,10D,19D,20D,22D,23D. The molecule has 0 N–H and O–H groups in total. The molecule has 10 aromatic rings. The summed E-state index contributed by atoms with van der Waals surface area (Å²) >= 11 is 0. The van der Waals surface area contributed by atoms with E-state index in [0.717, 1.165) is 59.8 Å². The quantitative estimate of drug-likeness (QED) is 0.134. The number of hydrogen-bond acceptors (Lipinski definition) is 0. The SMILES string of the molecule is [2H]c1c([2H])c([2H])c2c(-c3cccc(-c4ccc5ccccc5c4)c3)c3c([2H])c([2H])c([2H])c([2H])c3c(Cc3cc4ccc5ccccc5c4c4ccccc34)c2c1[2H]. The molecule has 0 unspecified atom stereocenters. The third kappa shape index (κ3) is 4.53. The van der Waals surface area contributed by atoms with Gasteiger partial charge >= 0.3 is 0 Å². The first-order chi connectivity index (χ1) is 27.6. The van der Waals surface area contributed by atoms with Crippen molar-refractivity contribution in [2.45, 2.75) is 6.42 Å². The minimum absolute atomic E-state index is 0.151. The van der Waals surface area contributed by atoms with Crippen LogP contribution in [0.15, 0.2) is 182 Å². The zero-order chi connectivity index (χ0) is 39.3. The molecule has 49 heavy (non-hydrogen) atoms. The van der Waals surface area contributed by atoms with E-state index in [1.54, 1.807) is 0 Å². The van der Waals surface area contributed by atoms with E-state index in [0.29, 0.717) is 16.7 Å². The highest BCUT2D eigenvalue weighted by Gasteiger charge is 2.18. The molecule has 0 fully saturated rings. The molecule has 10 rings (SSSR count). The van der Waals surface area contributed by atoms with Crippen LogP contribution in [-0.2, 0) is 6.42 Å². The van der Waals surface area contributed by atoms with Crippen LogP contribution in [0, 0.1) is 0 Å². The van der Waals surface area contributed by atoms with Crippen molar-refractivity contribution in [2.24, 2.45) is 0 Å². The maximum atomic E-state index is 9.44. The van der Waals surface area contributed by atoms with Crippen molar-refractivity contribution in [3.63, 3.8) is 0 Å². The minimum Gasteiger partial charge on any atom is -0.0616 e. The summed E-state index contributed by atoms with van der Waals surface area (Å²) in [6.45, 7) is 0. The Morgan fingerprint density at radius 3 is 1.71 bits per heavy atom. The van der Waals surface area contributed by atoms with Crippen molar-refractivity contribution in [3.8, 4) is 22.3 Å². The molecule has 0 spiro atoms. The third-order valence-electron chi connectivity index (χ3n) is 9.91. The van der Waals surface area contributed by atoms with Gasteiger partial charge in [0.05, 0.1) is 11.0 Å². The first-order valence-electron chi connectivity index (χ1n) is 20.5. The molecule has 0 nitrogen and oxygen atoms in total. The molecule has 0 aliphatic heterocycles. The average molecular weight is 629 g/mol. The third-order valence-corrected chi connectivity index (χ3v) is 9.91. The fraction of sp³-hybridized carbons (Fsp3) is 0.0204. The van der Waals surface area contributed by atoms with Crippen molar-refractivity contribution < 1.29 is 11.0 Å². The second-order valence-corrected chi connectivity index (χ2v) is 12.6. The summed E-state index contributed by atoms with van der Waals surface area (Å²) in [4.78, 5) is 0. The first-order valence-corrected chi connectivity index (χ1v) is 16.5. The van der Waals surface area contributed by atoms with E-state index in [2.05, 4.69) is 60.7 Å². The van der Waals surface area contributed by atoms with Crippen LogP contribution in [0.2, 0.25) is 0 Å². The molecule has 228 valence electrons. The maximum absolute atomic E-state index is 9.44. The van der Waals surface area contributed by atoms with Gasteiger partial charge in [-0.3, -0.25) is 0 Å². The molecule has 0 saturated heterocycles. The number of fused-ring (bicyclic) bond motifs is 8. The molecule has 0 heterocycles. The van der Waals surface area contributed by atoms with Crippen LogP contribution >= 0.6 is 0 Å². The molecule has 0 atom stereocenters. The Balaban J connectivity index is 1.33. The van der Waals surface area contributed by atoms with Crippen molar-refractivity contribution in [1.29, 1.82) is 0 Å². The van der Waals surface area contributed by atoms with E-state index in [4.69, 9.17) is 5.48 Å². The van der Waals surface area contributed by atoms with Gasteiger partial charge < -0.3 is 0 Å². The van der Waals surface area contributed by atoms with Gasteiger partial charge in [-0.25, -0.2) is 0 Å². The van der Waals surface area contributed by atoms with E-state index in [-0.39, 0.29) is 52.1 Å².